The maximum atomic E-state index is 2.44. The molecular weight excluding hydrogens is 687 g/mol. The predicted molar refractivity (Wildman–Crippen MR) is 245 cm³/mol. The fraction of sp³-hybridized carbons (Fsp3) is 0. The van der Waals surface area contributed by atoms with E-state index >= 15 is 0 Å². The first-order valence-corrected chi connectivity index (χ1v) is 19.8. The number of nitrogens with zero attached hydrogens (tertiary/aromatic N) is 1. The normalized spacial score (nSPS) is 11.9. The number of rotatable bonds is 4. The molecule has 0 atom stereocenters. The summed E-state index contributed by atoms with van der Waals surface area (Å²) >= 11 is 0. The van der Waals surface area contributed by atoms with E-state index < -0.39 is 0 Å². The van der Waals surface area contributed by atoms with Gasteiger partial charge < -0.3 is 4.57 Å². The molecule has 0 saturated heterocycles. The van der Waals surface area contributed by atoms with Crippen LogP contribution < -0.4 is 0 Å². The van der Waals surface area contributed by atoms with Gasteiger partial charge in [-0.05, 0) is 136 Å². The molecule has 0 unspecified atom stereocenters. The molecule has 57 heavy (non-hydrogen) atoms. The second-order valence-corrected chi connectivity index (χ2v) is 15.3. The van der Waals surface area contributed by atoms with Crippen molar-refractivity contribution in [3.05, 3.63) is 212 Å². The van der Waals surface area contributed by atoms with Crippen molar-refractivity contribution in [2.45, 2.75) is 0 Å². The van der Waals surface area contributed by atoms with Gasteiger partial charge in [-0.1, -0.05) is 164 Å². The number of aromatic nitrogens is 1. The van der Waals surface area contributed by atoms with E-state index in [1.807, 2.05) is 0 Å². The van der Waals surface area contributed by atoms with Gasteiger partial charge in [-0.2, -0.15) is 0 Å². The van der Waals surface area contributed by atoms with E-state index in [1.54, 1.807) is 0 Å². The van der Waals surface area contributed by atoms with Gasteiger partial charge in [0.05, 0.1) is 11.0 Å². The van der Waals surface area contributed by atoms with Crippen LogP contribution in [0.15, 0.2) is 212 Å². The minimum Gasteiger partial charge on any atom is -0.309 e. The highest BCUT2D eigenvalue weighted by Gasteiger charge is 2.19. The molecule has 0 spiro atoms. The third kappa shape index (κ3) is 4.96. The monoisotopic (exact) mass is 721 g/mol. The van der Waals surface area contributed by atoms with Crippen LogP contribution in [0.1, 0.15) is 0 Å². The molecule has 0 N–H and O–H groups in total. The first-order chi connectivity index (χ1) is 28.3. The van der Waals surface area contributed by atoms with Gasteiger partial charge in [0.2, 0.25) is 0 Å². The Hall–Kier alpha value is -7.48. The van der Waals surface area contributed by atoms with E-state index in [9.17, 15) is 0 Å². The average molecular weight is 722 g/mol. The highest BCUT2D eigenvalue weighted by molar-refractivity contribution is 6.23. The van der Waals surface area contributed by atoms with Crippen LogP contribution in [0, 0.1) is 0 Å². The van der Waals surface area contributed by atoms with Crippen molar-refractivity contribution in [1.29, 1.82) is 0 Å². The highest BCUT2D eigenvalue weighted by atomic mass is 15.0. The van der Waals surface area contributed by atoms with E-state index in [0.29, 0.717) is 0 Å². The summed E-state index contributed by atoms with van der Waals surface area (Å²) in [5.74, 6) is 0. The molecule has 0 amide bonds. The molecule has 0 saturated carbocycles. The minimum atomic E-state index is 1.16. The molecule has 12 rings (SSSR count). The molecule has 0 aliphatic heterocycles. The van der Waals surface area contributed by atoms with Crippen LogP contribution in [0.3, 0.4) is 0 Å². The smallest absolute Gasteiger partial charge is 0.0541 e. The molecule has 0 radical (unpaired) electrons. The zero-order valence-corrected chi connectivity index (χ0v) is 31.2. The summed E-state index contributed by atoms with van der Waals surface area (Å²) in [6.45, 7) is 0. The minimum absolute atomic E-state index is 1.16. The summed E-state index contributed by atoms with van der Waals surface area (Å²) < 4.78 is 2.40. The van der Waals surface area contributed by atoms with E-state index in [1.165, 1.54) is 109 Å². The average Bonchev–Trinajstić information content (AvgIpc) is 3.61. The van der Waals surface area contributed by atoms with Crippen molar-refractivity contribution in [2.75, 3.05) is 0 Å². The first-order valence-electron chi connectivity index (χ1n) is 19.8. The van der Waals surface area contributed by atoms with Gasteiger partial charge in [0.15, 0.2) is 0 Å². The summed E-state index contributed by atoms with van der Waals surface area (Å²) in [6.07, 6.45) is 0. The van der Waals surface area contributed by atoms with E-state index in [-0.39, 0.29) is 0 Å². The zero-order chi connectivity index (χ0) is 37.5. The largest absolute Gasteiger partial charge is 0.309 e. The molecule has 11 aromatic carbocycles. The molecule has 0 aliphatic carbocycles. The van der Waals surface area contributed by atoms with Gasteiger partial charge >= 0.3 is 0 Å². The Morgan fingerprint density at radius 3 is 1.44 bits per heavy atom. The third-order valence-electron chi connectivity index (χ3n) is 12.1. The summed E-state index contributed by atoms with van der Waals surface area (Å²) in [6, 6.07) is 78.5. The third-order valence-corrected chi connectivity index (χ3v) is 12.1. The quantitative estimate of drug-likeness (QED) is 0.160. The number of hydrogen-bond acceptors (Lipinski definition) is 0. The molecule has 0 bridgehead atoms. The van der Waals surface area contributed by atoms with Crippen molar-refractivity contribution in [3.8, 4) is 39.1 Å². The second-order valence-electron chi connectivity index (χ2n) is 15.3. The summed E-state index contributed by atoms with van der Waals surface area (Å²) in [5, 5.41) is 15.1. The highest BCUT2D eigenvalue weighted by Crippen LogP contribution is 2.46. The van der Waals surface area contributed by atoms with Gasteiger partial charge in [0.25, 0.3) is 0 Å². The summed E-state index contributed by atoms with van der Waals surface area (Å²) in [4.78, 5) is 0. The van der Waals surface area contributed by atoms with Crippen LogP contribution in [0.5, 0.6) is 0 Å². The number of hydrogen-bond donors (Lipinski definition) is 0. The number of benzene rings is 11. The van der Waals surface area contributed by atoms with Crippen molar-refractivity contribution >= 4 is 75.7 Å². The van der Waals surface area contributed by atoms with Crippen LogP contribution in [-0.4, -0.2) is 4.57 Å². The molecule has 0 aliphatic rings. The van der Waals surface area contributed by atoms with Crippen molar-refractivity contribution < 1.29 is 0 Å². The Morgan fingerprint density at radius 1 is 0.246 bits per heavy atom. The van der Waals surface area contributed by atoms with E-state index in [0.717, 1.165) is 5.69 Å². The van der Waals surface area contributed by atoms with Crippen LogP contribution in [0.2, 0.25) is 0 Å². The van der Waals surface area contributed by atoms with Gasteiger partial charge in [-0.3, -0.25) is 0 Å². The SMILES string of the molecule is c1ccc2cc3cc(-c4c5ccccc5c(-c5ccc(-n6c7ccccc7c7ccccc76)cc5)c5ccc(-c6cccc7ccccc67)cc45)ccc3cc2c1. The van der Waals surface area contributed by atoms with Crippen molar-refractivity contribution in [1.82, 2.24) is 4.57 Å². The molecule has 1 aromatic heterocycles. The van der Waals surface area contributed by atoms with Crippen LogP contribution in [0.25, 0.3) is 115 Å². The topological polar surface area (TPSA) is 4.93 Å². The van der Waals surface area contributed by atoms with E-state index in [2.05, 4.69) is 217 Å². The van der Waals surface area contributed by atoms with Gasteiger partial charge in [0.1, 0.15) is 0 Å². The standard InChI is InChI=1S/C56H35N/c1-2-14-39-33-43-34-42(25-24-40(43)32-38(39)13-1)56-50-20-6-5-19-49(50)55(51-31-28-41(35-52(51)56)46-21-11-15-36-12-3-4-16-45(36)46)37-26-29-44(30-27-37)57-53-22-9-7-17-47(53)48-18-8-10-23-54(48)57/h1-35H. The molecule has 1 heteroatoms. The molecule has 1 heterocycles. The van der Waals surface area contributed by atoms with Crippen molar-refractivity contribution in [3.63, 3.8) is 0 Å². The molecule has 12 aromatic rings. The Balaban J connectivity index is 1.12. The molecular formula is C56H35N. The fourth-order valence-electron chi connectivity index (χ4n) is 9.52. The van der Waals surface area contributed by atoms with Gasteiger partial charge in [-0.25, -0.2) is 0 Å². The maximum absolute atomic E-state index is 2.44. The maximum Gasteiger partial charge on any atom is 0.0541 e. The van der Waals surface area contributed by atoms with Gasteiger partial charge in [0, 0.05) is 16.5 Å². The lowest BCUT2D eigenvalue weighted by Crippen LogP contribution is -1.95. The Bertz CT molecular complexity index is 3510. The predicted octanol–water partition coefficient (Wildman–Crippen LogP) is 15.6. The molecule has 264 valence electrons. The van der Waals surface area contributed by atoms with Gasteiger partial charge in [-0.15, -0.1) is 0 Å². The molecule has 1 nitrogen and oxygen atoms in total. The van der Waals surface area contributed by atoms with Crippen molar-refractivity contribution in [2.24, 2.45) is 0 Å². The Labute approximate surface area is 330 Å². The number of para-hydroxylation sites is 2. The lowest BCUT2D eigenvalue weighted by atomic mass is 9.84. The summed E-state index contributed by atoms with van der Waals surface area (Å²) in [5.41, 5.74) is 11.0. The second kappa shape index (κ2) is 12.5. The van der Waals surface area contributed by atoms with Crippen LogP contribution >= 0.6 is 0 Å². The lowest BCUT2D eigenvalue weighted by Gasteiger charge is -2.20. The Morgan fingerprint density at radius 2 is 0.737 bits per heavy atom. The lowest BCUT2D eigenvalue weighted by molar-refractivity contribution is 1.18. The molecule has 0 fully saturated rings. The zero-order valence-electron chi connectivity index (χ0n) is 31.2. The Kier molecular flexibility index (Phi) is 7.00. The van der Waals surface area contributed by atoms with Crippen LogP contribution in [-0.2, 0) is 0 Å². The van der Waals surface area contributed by atoms with E-state index in [4.69, 9.17) is 0 Å². The fourth-order valence-corrected chi connectivity index (χ4v) is 9.52. The number of fused-ring (bicyclic) bond motifs is 8. The first kappa shape index (κ1) is 31.8. The summed E-state index contributed by atoms with van der Waals surface area (Å²) in [7, 11) is 0. The van der Waals surface area contributed by atoms with Crippen LogP contribution in [0.4, 0.5) is 0 Å².